The Balaban J connectivity index is 3.07. The van der Waals surface area contributed by atoms with Crippen molar-refractivity contribution in [3.05, 3.63) is 29.8 Å². The normalized spacial score (nSPS) is 11.6. The number of hydrogen-bond acceptors (Lipinski definition) is 3. The maximum Gasteiger partial charge on any atom is 0.251 e. The lowest BCUT2D eigenvalue weighted by atomic mass is 10.2. The second-order valence-electron chi connectivity index (χ2n) is 4.37. The lowest BCUT2D eigenvalue weighted by molar-refractivity contribution is 0.0953. The zero-order valence-electron chi connectivity index (χ0n) is 12.2. The minimum absolute atomic E-state index is 0.158. The Morgan fingerprint density at radius 1 is 1.20 bits per heavy atom. The van der Waals surface area contributed by atoms with Gasteiger partial charge in [-0.3, -0.25) is 4.79 Å². The van der Waals surface area contributed by atoms with E-state index in [9.17, 15) is 13.2 Å². The van der Waals surface area contributed by atoms with E-state index in [2.05, 4.69) is 5.32 Å². The van der Waals surface area contributed by atoms with E-state index < -0.39 is 10.0 Å². The van der Waals surface area contributed by atoms with Gasteiger partial charge in [-0.2, -0.15) is 4.31 Å². The summed E-state index contributed by atoms with van der Waals surface area (Å²) in [5.74, 6) is -0.247. The van der Waals surface area contributed by atoms with Crippen molar-refractivity contribution in [1.29, 1.82) is 0 Å². The van der Waals surface area contributed by atoms with Crippen LogP contribution in [0.1, 0.15) is 37.6 Å². The molecule has 0 aliphatic carbocycles. The van der Waals surface area contributed by atoms with Crippen molar-refractivity contribution in [2.24, 2.45) is 0 Å². The van der Waals surface area contributed by atoms with Crippen molar-refractivity contribution >= 4 is 15.9 Å². The van der Waals surface area contributed by atoms with Crippen LogP contribution in [-0.4, -0.2) is 38.3 Å². The molecule has 6 heteroatoms. The van der Waals surface area contributed by atoms with Crippen molar-refractivity contribution in [3.8, 4) is 0 Å². The summed E-state index contributed by atoms with van der Waals surface area (Å²) in [5.41, 5.74) is 0.367. The molecule has 0 aliphatic heterocycles. The fourth-order valence-corrected chi connectivity index (χ4v) is 3.36. The molecule has 1 amide bonds. The van der Waals surface area contributed by atoms with Gasteiger partial charge in [0.25, 0.3) is 5.91 Å². The van der Waals surface area contributed by atoms with Crippen LogP contribution in [0, 0.1) is 0 Å². The number of amides is 1. The van der Waals surface area contributed by atoms with Crippen LogP contribution in [0.5, 0.6) is 0 Å². The summed E-state index contributed by atoms with van der Waals surface area (Å²) in [6.45, 7) is 6.93. The molecule has 0 bridgehead atoms. The SMILES string of the molecule is CCCNC(=O)c1cccc(S(=O)(=O)N(CC)CC)c1. The van der Waals surface area contributed by atoms with Crippen LogP contribution in [0.15, 0.2) is 29.2 Å². The van der Waals surface area contributed by atoms with E-state index in [1.54, 1.807) is 26.0 Å². The van der Waals surface area contributed by atoms with Gasteiger partial charge in [0, 0.05) is 25.2 Å². The fraction of sp³-hybridized carbons (Fsp3) is 0.500. The van der Waals surface area contributed by atoms with Crippen LogP contribution in [0.3, 0.4) is 0 Å². The molecular formula is C14H22N2O3S. The Morgan fingerprint density at radius 3 is 2.40 bits per heavy atom. The van der Waals surface area contributed by atoms with Crippen molar-refractivity contribution in [2.75, 3.05) is 19.6 Å². The lowest BCUT2D eigenvalue weighted by Crippen LogP contribution is -2.31. The number of nitrogens with one attached hydrogen (secondary N) is 1. The van der Waals surface area contributed by atoms with Gasteiger partial charge in [0.15, 0.2) is 0 Å². The highest BCUT2D eigenvalue weighted by Gasteiger charge is 2.22. The third-order valence-electron chi connectivity index (χ3n) is 2.97. The summed E-state index contributed by atoms with van der Waals surface area (Å²) < 4.78 is 26.1. The summed E-state index contributed by atoms with van der Waals surface area (Å²) in [5, 5.41) is 2.74. The van der Waals surface area contributed by atoms with Gasteiger partial charge in [-0.15, -0.1) is 0 Å². The van der Waals surface area contributed by atoms with E-state index in [1.165, 1.54) is 16.4 Å². The summed E-state index contributed by atoms with van der Waals surface area (Å²) in [7, 11) is -3.52. The molecule has 5 nitrogen and oxygen atoms in total. The average molecular weight is 298 g/mol. The van der Waals surface area contributed by atoms with Gasteiger partial charge in [-0.05, 0) is 24.6 Å². The molecule has 0 heterocycles. The molecule has 0 saturated heterocycles. The first kappa shape index (κ1) is 16.7. The van der Waals surface area contributed by atoms with Gasteiger partial charge >= 0.3 is 0 Å². The first-order valence-electron chi connectivity index (χ1n) is 6.85. The van der Waals surface area contributed by atoms with E-state index in [1.807, 2.05) is 6.92 Å². The minimum Gasteiger partial charge on any atom is -0.352 e. The monoisotopic (exact) mass is 298 g/mol. The number of hydrogen-bond donors (Lipinski definition) is 1. The standard InChI is InChI=1S/C14H22N2O3S/c1-4-10-15-14(17)12-8-7-9-13(11-12)20(18,19)16(5-2)6-3/h7-9,11H,4-6,10H2,1-3H3,(H,15,17). The molecule has 1 aromatic carbocycles. The second kappa shape index (κ2) is 7.40. The van der Waals surface area contributed by atoms with Gasteiger partial charge in [0.05, 0.1) is 4.90 Å². The van der Waals surface area contributed by atoms with Gasteiger partial charge in [0.1, 0.15) is 0 Å². The van der Waals surface area contributed by atoms with Gasteiger partial charge in [-0.1, -0.05) is 26.8 Å². The van der Waals surface area contributed by atoms with E-state index in [-0.39, 0.29) is 10.8 Å². The van der Waals surface area contributed by atoms with Crippen LogP contribution in [0.4, 0.5) is 0 Å². The maximum atomic E-state index is 12.4. The third kappa shape index (κ3) is 3.80. The van der Waals surface area contributed by atoms with Gasteiger partial charge in [-0.25, -0.2) is 8.42 Å². The molecule has 0 aliphatic rings. The molecule has 1 N–H and O–H groups in total. The number of rotatable bonds is 7. The van der Waals surface area contributed by atoms with E-state index in [0.717, 1.165) is 6.42 Å². The summed E-state index contributed by atoms with van der Waals surface area (Å²) in [6.07, 6.45) is 0.836. The van der Waals surface area contributed by atoms with Crippen LogP contribution in [0.25, 0.3) is 0 Å². The molecule has 0 unspecified atom stereocenters. The fourth-order valence-electron chi connectivity index (χ4n) is 1.85. The quantitative estimate of drug-likeness (QED) is 0.835. The highest BCUT2D eigenvalue weighted by molar-refractivity contribution is 7.89. The Kier molecular flexibility index (Phi) is 6.16. The smallest absolute Gasteiger partial charge is 0.251 e. The highest BCUT2D eigenvalue weighted by Crippen LogP contribution is 2.16. The van der Waals surface area contributed by atoms with Gasteiger partial charge in [0.2, 0.25) is 10.0 Å². The number of benzene rings is 1. The molecular weight excluding hydrogens is 276 g/mol. The van der Waals surface area contributed by atoms with Gasteiger partial charge < -0.3 is 5.32 Å². The Bertz CT molecular complexity index is 551. The number of sulfonamides is 1. The predicted molar refractivity (Wildman–Crippen MR) is 79.2 cm³/mol. The first-order valence-corrected chi connectivity index (χ1v) is 8.29. The maximum absolute atomic E-state index is 12.4. The third-order valence-corrected chi connectivity index (χ3v) is 5.02. The van der Waals surface area contributed by atoms with Crippen LogP contribution >= 0.6 is 0 Å². The zero-order chi connectivity index (χ0) is 15.2. The number of carbonyl (C=O) groups excluding carboxylic acids is 1. The molecule has 0 atom stereocenters. The molecule has 0 spiro atoms. The Morgan fingerprint density at radius 2 is 1.85 bits per heavy atom. The van der Waals surface area contributed by atoms with Crippen LogP contribution in [0.2, 0.25) is 0 Å². The van der Waals surface area contributed by atoms with Crippen LogP contribution in [-0.2, 0) is 10.0 Å². The number of carbonyl (C=O) groups is 1. The lowest BCUT2D eigenvalue weighted by Gasteiger charge is -2.18. The van der Waals surface area contributed by atoms with E-state index in [4.69, 9.17) is 0 Å². The minimum atomic E-state index is -3.52. The van der Waals surface area contributed by atoms with E-state index in [0.29, 0.717) is 25.2 Å². The molecule has 0 radical (unpaired) electrons. The summed E-state index contributed by atoms with van der Waals surface area (Å²) in [6, 6.07) is 6.16. The Labute approximate surface area is 121 Å². The topological polar surface area (TPSA) is 66.5 Å². The van der Waals surface area contributed by atoms with Crippen molar-refractivity contribution in [2.45, 2.75) is 32.1 Å². The molecule has 20 heavy (non-hydrogen) atoms. The van der Waals surface area contributed by atoms with Crippen molar-refractivity contribution < 1.29 is 13.2 Å². The number of nitrogens with zero attached hydrogens (tertiary/aromatic N) is 1. The Hall–Kier alpha value is -1.40. The summed E-state index contributed by atoms with van der Waals surface area (Å²) in [4.78, 5) is 12.0. The van der Waals surface area contributed by atoms with Crippen LogP contribution < -0.4 is 5.32 Å². The second-order valence-corrected chi connectivity index (χ2v) is 6.31. The predicted octanol–water partition coefficient (Wildman–Crippen LogP) is 1.86. The molecule has 1 rings (SSSR count). The van der Waals surface area contributed by atoms with Crippen molar-refractivity contribution in [1.82, 2.24) is 9.62 Å². The molecule has 112 valence electrons. The van der Waals surface area contributed by atoms with E-state index >= 15 is 0 Å². The molecule has 0 aromatic heterocycles. The molecule has 0 fully saturated rings. The molecule has 1 aromatic rings. The summed E-state index contributed by atoms with van der Waals surface area (Å²) >= 11 is 0. The largest absolute Gasteiger partial charge is 0.352 e. The highest BCUT2D eigenvalue weighted by atomic mass is 32.2. The zero-order valence-corrected chi connectivity index (χ0v) is 13.0. The average Bonchev–Trinajstić information content (AvgIpc) is 2.46. The molecule has 0 saturated carbocycles. The van der Waals surface area contributed by atoms with Crippen molar-refractivity contribution in [3.63, 3.8) is 0 Å². The first-order chi connectivity index (χ1) is 9.47.